The van der Waals surface area contributed by atoms with Crippen molar-refractivity contribution < 1.29 is 9.47 Å². The van der Waals surface area contributed by atoms with Gasteiger partial charge in [-0.15, -0.1) is 0 Å². The molecule has 0 unspecified atom stereocenters. The van der Waals surface area contributed by atoms with Gasteiger partial charge in [0.05, 0.1) is 28.4 Å². The lowest BCUT2D eigenvalue weighted by Crippen LogP contribution is -2.22. The number of rotatable bonds is 13. The molecule has 0 saturated carbocycles. The van der Waals surface area contributed by atoms with E-state index in [4.69, 9.17) is 9.47 Å². The standard InChI is InChI=1S/C30H39S.C26H31S.C18H23S2.C17H21O2S2.C14H21S2/c1-28(2,3)22-10-16-25(17-11-22)31(26-18-12-23(13-19-26)29(4,5)6)27-20-14-24(15-21-27)30(7,8)9;1-25(2,3)20-12-16-23(17-13-20)27(22-10-8-7-9-11-22)24-18-14-21(15-19-24)26(4,5)6;1-18(2,3)16-8-9-17(20-12-10-19-11-13-20)15-7-5-4-6-14(15)16;1-18-8-9-19-16-6-7-17(21-12-10-20-11-13-21)15-5-3-2-4-14(15)16;1-14(2,3)12-4-6-13(7-5-12)16-10-8-15-9-11-16/h10-21H,1-9H3;7-19H,1-6H3;4-9H,10-13H2,1-3H3;2-7H,8-13H2,1H3;4-7H,8-11H2,1-3H3/q5*+1. The molecule has 115 heavy (non-hydrogen) atoms. The summed E-state index contributed by atoms with van der Waals surface area (Å²) < 4.78 is 10.9. The fraction of sp³-hybridized carbons (Fsp3) is 0.410. The summed E-state index contributed by atoms with van der Waals surface area (Å²) in [5, 5.41) is 5.55. The fourth-order valence-electron chi connectivity index (χ4n) is 14.3. The second kappa shape index (κ2) is 41.2. The highest BCUT2D eigenvalue weighted by Gasteiger charge is 2.35. The fourth-order valence-corrected chi connectivity index (χ4v) is 30.6. The van der Waals surface area contributed by atoms with Gasteiger partial charge in [0, 0.05) is 90.5 Å². The maximum Gasteiger partial charge on any atom is 0.166 e. The molecule has 11 aromatic carbocycles. The number of hydrogen-bond acceptors (Lipinski definition) is 5. The van der Waals surface area contributed by atoms with Crippen LogP contribution < -0.4 is 4.74 Å². The first-order valence-corrected chi connectivity index (χ1v) is 52.2. The van der Waals surface area contributed by atoms with E-state index in [0.717, 1.165) is 5.75 Å². The first-order valence-electron chi connectivity index (χ1n) is 41.6. The Labute approximate surface area is 724 Å². The van der Waals surface area contributed by atoms with Crippen LogP contribution in [0.25, 0.3) is 21.5 Å². The van der Waals surface area contributed by atoms with Crippen molar-refractivity contribution in [2.24, 2.45) is 0 Å². The van der Waals surface area contributed by atoms with Crippen LogP contribution >= 0.6 is 35.3 Å². The van der Waals surface area contributed by atoms with Crippen LogP contribution in [0.4, 0.5) is 0 Å². The first-order chi connectivity index (χ1) is 54.5. The normalized spacial score (nSPS) is 15.0. The summed E-state index contributed by atoms with van der Waals surface area (Å²) in [6.45, 7) is 49.1. The van der Waals surface area contributed by atoms with Gasteiger partial charge in [0.15, 0.2) is 44.1 Å². The number of ether oxygens (including phenoxy) is 2. The predicted octanol–water partition coefficient (Wildman–Crippen LogP) is 28.2. The zero-order valence-electron chi connectivity index (χ0n) is 73.7. The predicted molar refractivity (Wildman–Crippen MR) is 524 cm³/mol. The molecule has 3 saturated heterocycles. The maximum atomic E-state index is 5.88. The van der Waals surface area contributed by atoms with E-state index in [9.17, 15) is 0 Å². The summed E-state index contributed by atoms with van der Waals surface area (Å²) in [5.41, 5.74) is 11.2. The van der Waals surface area contributed by atoms with Crippen LogP contribution in [0.3, 0.4) is 0 Å². The Morgan fingerprint density at radius 1 is 0.261 bits per heavy atom. The van der Waals surface area contributed by atoms with Gasteiger partial charge >= 0.3 is 0 Å². The Morgan fingerprint density at radius 3 is 0.843 bits per heavy atom. The minimum Gasteiger partial charge on any atom is -0.491 e. The van der Waals surface area contributed by atoms with Crippen molar-refractivity contribution in [2.75, 3.05) is 89.4 Å². The van der Waals surface area contributed by atoms with E-state index in [1.807, 2.05) is 0 Å². The molecule has 0 spiro atoms. The molecule has 3 heterocycles. The Bertz CT molecular complexity index is 4580. The zero-order valence-corrected chi connectivity index (χ0v) is 80.2. The van der Waals surface area contributed by atoms with Gasteiger partial charge in [-0.1, -0.05) is 279 Å². The van der Waals surface area contributed by atoms with Gasteiger partial charge in [0.1, 0.15) is 46.9 Å². The second-order valence-electron chi connectivity index (χ2n) is 37.5. The molecule has 610 valence electrons. The van der Waals surface area contributed by atoms with E-state index in [1.54, 1.807) is 16.9 Å². The monoisotopic (exact) mass is 1680 g/mol. The van der Waals surface area contributed by atoms with Crippen molar-refractivity contribution >= 4 is 111 Å². The van der Waals surface area contributed by atoms with E-state index < -0.39 is 0 Å². The topological polar surface area (TPSA) is 18.5 Å². The SMILES string of the molecule is CC(C)(C)c1ccc([S+](c2ccc(C(C)(C)C)cc2)c2ccc(C(C)(C)C)cc2)cc1.CC(C)(C)c1ccc([S+](c2ccccc2)c2ccc(C(C)(C)C)cc2)cc1.CC(C)(C)c1ccc([S+]2CCSCC2)c2ccccc12.CC(C)(C)c1ccc([S+]2CCSCC2)cc1.COCCOc1ccc([S+]2CCSCC2)c2ccccc12. The van der Waals surface area contributed by atoms with Crippen LogP contribution in [0.2, 0.25) is 0 Å². The number of fused-ring (bicyclic) bond motifs is 2. The quantitative estimate of drug-likeness (QED) is 0.0843. The van der Waals surface area contributed by atoms with Crippen molar-refractivity contribution in [2.45, 2.75) is 227 Å². The Morgan fingerprint density at radius 2 is 0.530 bits per heavy atom. The Kier molecular flexibility index (Phi) is 32.9. The summed E-state index contributed by atoms with van der Waals surface area (Å²) in [6.07, 6.45) is 0. The van der Waals surface area contributed by atoms with E-state index in [0.29, 0.717) is 45.9 Å². The van der Waals surface area contributed by atoms with Crippen molar-refractivity contribution in [1.82, 2.24) is 0 Å². The van der Waals surface area contributed by atoms with Crippen LogP contribution in [0.5, 0.6) is 5.75 Å². The Hall–Kier alpha value is -5.50. The number of thioether (sulfide) groups is 3. The summed E-state index contributed by atoms with van der Waals surface area (Å²) in [6, 6.07) is 93.4. The molecule has 11 aromatic rings. The molecule has 3 fully saturated rings. The van der Waals surface area contributed by atoms with Crippen LogP contribution in [0.15, 0.2) is 293 Å². The van der Waals surface area contributed by atoms with Crippen LogP contribution in [0.1, 0.15) is 184 Å². The van der Waals surface area contributed by atoms with Gasteiger partial charge in [-0.3, -0.25) is 0 Å². The Balaban J connectivity index is 0.000000154. The molecule has 2 nitrogen and oxygen atoms in total. The van der Waals surface area contributed by atoms with Gasteiger partial charge in [0.25, 0.3) is 0 Å². The molecule has 0 aliphatic carbocycles. The minimum absolute atomic E-state index is 0.0847. The number of hydrogen-bond donors (Lipinski definition) is 0. The van der Waals surface area contributed by atoms with Gasteiger partial charge in [-0.05, 0) is 197 Å². The second-order valence-corrected chi connectivity index (χ2v) is 52.0. The highest BCUT2D eigenvalue weighted by atomic mass is 32.2. The van der Waals surface area contributed by atoms with Gasteiger partial charge in [0.2, 0.25) is 0 Å². The van der Waals surface area contributed by atoms with E-state index in [2.05, 4.69) is 429 Å². The van der Waals surface area contributed by atoms with Crippen molar-refractivity contribution in [3.05, 3.63) is 288 Å². The lowest BCUT2D eigenvalue weighted by molar-refractivity contribution is 0.147. The molecule has 10 heteroatoms. The largest absolute Gasteiger partial charge is 0.491 e. The third-order valence-electron chi connectivity index (χ3n) is 21.4. The molecule has 0 radical (unpaired) electrons. The summed E-state index contributed by atoms with van der Waals surface area (Å²) >= 11 is 6.30. The van der Waals surface area contributed by atoms with E-state index in [-0.39, 0.29) is 59.7 Å². The number of benzene rings is 11. The number of methoxy groups -OCH3 is 1. The van der Waals surface area contributed by atoms with Gasteiger partial charge in [-0.2, -0.15) is 35.3 Å². The minimum atomic E-state index is -0.120. The molecular weight excluding hydrogens is 1550 g/mol. The lowest BCUT2D eigenvalue weighted by Gasteiger charge is -2.23. The van der Waals surface area contributed by atoms with Crippen molar-refractivity contribution in [3.63, 3.8) is 0 Å². The van der Waals surface area contributed by atoms with E-state index in [1.165, 1.54) is 164 Å². The molecule has 0 atom stereocenters. The molecule has 3 aliphatic heterocycles. The van der Waals surface area contributed by atoms with E-state index >= 15 is 0 Å². The van der Waals surface area contributed by atoms with Crippen LogP contribution in [-0.4, -0.2) is 89.4 Å². The highest BCUT2D eigenvalue weighted by Crippen LogP contribution is 2.41. The molecule has 3 aliphatic rings. The van der Waals surface area contributed by atoms with Crippen LogP contribution in [0, 0.1) is 0 Å². The lowest BCUT2D eigenvalue weighted by atomic mass is 9.84. The molecule has 0 amide bonds. The average molecular weight is 1690 g/mol. The average Bonchev–Trinajstić information content (AvgIpc) is 0.778. The zero-order chi connectivity index (χ0) is 82.9. The third-order valence-corrected chi connectivity index (χ3v) is 37.4. The maximum absolute atomic E-state index is 5.88. The first kappa shape index (κ1) is 91.8. The molecule has 0 aromatic heterocycles. The molecular formula is C105H135O2S8+5. The van der Waals surface area contributed by atoms with Gasteiger partial charge in [-0.25, -0.2) is 0 Å². The third kappa shape index (κ3) is 26.0. The molecule has 0 bridgehead atoms. The van der Waals surface area contributed by atoms with Crippen molar-refractivity contribution in [1.29, 1.82) is 0 Å². The molecule has 0 N–H and O–H groups in total. The smallest absolute Gasteiger partial charge is 0.166 e. The van der Waals surface area contributed by atoms with Crippen molar-refractivity contribution in [3.8, 4) is 5.75 Å². The van der Waals surface area contributed by atoms with Crippen LogP contribution in [-0.2, 0) is 97.1 Å². The highest BCUT2D eigenvalue weighted by molar-refractivity contribution is 8.06. The summed E-state index contributed by atoms with van der Waals surface area (Å²) in [5.74, 6) is 17.1. The summed E-state index contributed by atoms with van der Waals surface area (Å²) in [7, 11) is 2.89. The van der Waals surface area contributed by atoms with Gasteiger partial charge < -0.3 is 9.47 Å². The molecule has 14 rings (SSSR count). The summed E-state index contributed by atoms with van der Waals surface area (Å²) in [4.78, 5) is 12.9.